The molecule has 0 atom stereocenters. The molecule has 10 aromatic rings. The normalized spacial score (nSPS) is 12.1. The van der Waals surface area contributed by atoms with Gasteiger partial charge in [0, 0.05) is 33.2 Å². The Morgan fingerprint density at radius 3 is 1.48 bits per heavy atom. The molecule has 0 saturated carbocycles. The Morgan fingerprint density at radius 2 is 0.841 bits per heavy atom. The standard InChI is InChI=1S/C42H25NO/c1-2-13-29-27(11-1)28-12-3-4-14-30(28)36-23-26(21-22-31(29)36)35-24-37-34-17-7-10-20-41(34)44-42(37)25-40(35)43-38-18-8-5-15-32(38)33-16-6-9-19-39(33)43/h1-25H. The third kappa shape index (κ3) is 3.20. The van der Waals surface area contributed by atoms with E-state index in [0.717, 1.165) is 27.6 Å². The molecule has 0 spiro atoms. The molecule has 10 rings (SSSR count). The predicted molar refractivity (Wildman–Crippen MR) is 186 cm³/mol. The molecule has 2 heterocycles. The van der Waals surface area contributed by atoms with Crippen LogP contribution in [-0.4, -0.2) is 4.57 Å². The average molecular weight is 560 g/mol. The van der Waals surface area contributed by atoms with Gasteiger partial charge >= 0.3 is 0 Å². The molecule has 0 radical (unpaired) electrons. The van der Waals surface area contributed by atoms with Gasteiger partial charge < -0.3 is 8.98 Å². The number of hydrogen-bond acceptors (Lipinski definition) is 1. The Bertz CT molecular complexity index is 2690. The maximum atomic E-state index is 6.47. The summed E-state index contributed by atoms with van der Waals surface area (Å²) in [4.78, 5) is 0. The highest BCUT2D eigenvalue weighted by Gasteiger charge is 2.19. The second-order valence-corrected chi connectivity index (χ2v) is 11.7. The SMILES string of the molecule is c1ccc2c(c1)oc1cc(-n3c4ccccc4c4ccccc43)c(-c3ccc4c5ccccc5c5ccccc5c4c3)cc12. The van der Waals surface area contributed by atoms with Crippen molar-refractivity contribution in [3.63, 3.8) is 0 Å². The molecule has 0 aliphatic heterocycles. The van der Waals surface area contributed by atoms with Gasteiger partial charge in [-0.3, -0.25) is 0 Å². The van der Waals surface area contributed by atoms with E-state index in [1.54, 1.807) is 0 Å². The highest BCUT2D eigenvalue weighted by Crippen LogP contribution is 2.43. The minimum atomic E-state index is 0.893. The highest BCUT2D eigenvalue weighted by atomic mass is 16.3. The number of nitrogens with zero attached hydrogens (tertiary/aromatic N) is 1. The number of hydrogen-bond donors (Lipinski definition) is 0. The van der Waals surface area contributed by atoms with Crippen LogP contribution in [0.3, 0.4) is 0 Å². The quantitative estimate of drug-likeness (QED) is 0.193. The van der Waals surface area contributed by atoms with Crippen LogP contribution in [0.1, 0.15) is 0 Å². The first-order chi connectivity index (χ1) is 21.8. The number of furan rings is 1. The minimum absolute atomic E-state index is 0.893. The van der Waals surface area contributed by atoms with Gasteiger partial charge in [0.25, 0.3) is 0 Å². The molecule has 0 fully saturated rings. The molecular formula is C42H25NO. The molecular weight excluding hydrogens is 534 g/mol. The van der Waals surface area contributed by atoms with Crippen LogP contribution in [0, 0.1) is 0 Å². The van der Waals surface area contributed by atoms with Crippen molar-refractivity contribution in [3.05, 3.63) is 152 Å². The van der Waals surface area contributed by atoms with Crippen LogP contribution in [0.5, 0.6) is 0 Å². The van der Waals surface area contributed by atoms with Crippen LogP contribution in [0.4, 0.5) is 0 Å². The molecule has 0 N–H and O–H groups in total. The smallest absolute Gasteiger partial charge is 0.137 e. The highest BCUT2D eigenvalue weighted by molar-refractivity contribution is 6.26. The monoisotopic (exact) mass is 559 g/mol. The number of fused-ring (bicyclic) bond motifs is 12. The van der Waals surface area contributed by atoms with Crippen LogP contribution in [0.2, 0.25) is 0 Å². The average Bonchev–Trinajstić information content (AvgIpc) is 3.63. The van der Waals surface area contributed by atoms with Crippen LogP contribution in [0.15, 0.2) is 156 Å². The van der Waals surface area contributed by atoms with E-state index in [1.807, 2.05) is 6.07 Å². The third-order valence-corrected chi connectivity index (χ3v) is 9.37. The van der Waals surface area contributed by atoms with Crippen molar-refractivity contribution in [1.29, 1.82) is 0 Å². The van der Waals surface area contributed by atoms with Crippen molar-refractivity contribution in [1.82, 2.24) is 4.57 Å². The van der Waals surface area contributed by atoms with E-state index < -0.39 is 0 Å². The summed E-state index contributed by atoms with van der Waals surface area (Å²) in [5, 5.41) is 12.4. The molecule has 204 valence electrons. The Labute approximate surface area is 253 Å². The zero-order chi connectivity index (χ0) is 28.8. The second kappa shape index (κ2) is 8.82. The first-order valence-corrected chi connectivity index (χ1v) is 15.1. The number of benzene rings is 8. The van der Waals surface area contributed by atoms with Crippen molar-refractivity contribution in [2.24, 2.45) is 0 Å². The summed E-state index contributed by atoms with van der Waals surface area (Å²) in [5.74, 6) is 0. The van der Waals surface area contributed by atoms with Gasteiger partial charge in [-0.05, 0) is 68.2 Å². The Hall–Kier alpha value is -5.86. The molecule has 0 aliphatic carbocycles. The fraction of sp³-hybridized carbons (Fsp3) is 0. The molecule has 2 heteroatoms. The van der Waals surface area contributed by atoms with Crippen LogP contribution in [-0.2, 0) is 0 Å². The summed E-state index contributed by atoms with van der Waals surface area (Å²) in [6, 6.07) is 54.9. The maximum absolute atomic E-state index is 6.47. The Balaban J connectivity index is 1.37. The van der Waals surface area contributed by atoms with E-state index in [4.69, 9.17) is 4.42 Å². The zero-order valence-corrected chi connectivity index (χ0v) is 23.8. The van der Waals surface area contributed by atoms with Crippen molar-refractivity contribution in [2.45, 2.75) is 0 Å². The first-order valence-electron chi connectivity index (χ1n) is 15.1. The van der Waals surface area contributed by atoms with E-state index in [0.29, 0.717) is 0 Å². The summed E-state index contributed by atoms with van der Waals surface area (Å²) in [6.45, 7) is 0. The largest absolute Gasteiger partial charge is 0.456 e. The van der Waals surface area contributed by atoms with E-state index in [2.05, 4.69) is 150 Å². The third-order valence-electron chi connectivity index (χ3n) is 9.37. The molecule has 8 aromatic carbocycles. The lowest BCUT2D eigenvalue weighted by atomic mass is 9.91. The molecule has 0 bridgehead atoms. The van der Waals surface area contributed by atoms with Gasteiger partial charge in [-0.15, -0.1) is 0 Å². The van der Waals surface area contributed by atoms with Crippen molar-refractivity contribution < 1.29 is 4.42 Å². The molecule has 0 aliphatic rings. The second-order valence-electron chi connectivity index (χ2n) is 11.7. The van der Waals surface area contributed by atoms with Crippen LogP contribution >= 0.6 is 0 Å². The summed E-state index contributed by atoms with van der Waals surface area (Å²) < 4.78 is 8.88. The first kappa shape index (κ1) is 23.7. The number of rotatable bonds is 2. The summed E-state index contributed by atoms with van der Waals surface area (Å²) in [5.41, 5.74) is 7.63. The summed E-state index contributed by atoms with van der Waals surface area (Å²) in [7, 11) is 0. The topological polar surface area (TPSA) is 18.1 Å². The lowest BCUT2D eigenvalue weighted by Gasteiger charge is -2.16. The number of aromatic nitrogens is 1. The maximum Gasteiger partial charge on any atom is 0.137 e. The minimum Gasteiger partial charge on any atom is -0.456 e. The molecule has 2 aromatic heterocycles. The van der Waals surface area contributed by atoms with E-state index >= 15 is 0 Å². The van der Waals surface area contributed by atoms with E-state index in [1.165, 1.54) is 65.3 Å². The van der Waals surface area contributed by atoms with Gasteiger partial charge in [-0.2, -0.15) is 0 Å². The summed E-state index contributed by atoms with van der Waals surface area (Å²) in [6.07, 6.45) is 0. The Kier molecular flexibility index (Phi) is 4.75. The van der Waals surface area contributed by atoms with E-state index in [-0.39, 0.29) is 0 Å². The van der Waals surface area contributed by atoms with Crippen molar-refractivity contribution in [2.75, 3.05) is 0 Å². The molecule has 0 amide bonds. The van der Waals surface area contributed by atoms with Gasteiger partial charge in [-0.25, -0.2) is 0 Å². The van der Waals surface area contributed by atoms with Crippen LogP contribution < -0.4 is 0 Å². The lowest BCUT2D eigenvalue weighted by Crippen LogP contribution is -1.97. The zero-order valence-electron chi connectivity index (χ0n) is 23.8. The summed E-state index contributed by atoms with van der Waals surface area (Å²) >= 11 is 0. The van der Waals surface area contributed by atoms with Crippen molar-refractivity contribution in [3.8, 4) is 16.8 Å². The number of para-hydroxylation sites is 3. The van der Waals surface area contributed by atoms with Crippen LogP contribution in [0.25, 0.3) is 92.9 Å². The fourth-order valence-electron chi connectivity index (χ4n) is 7.43. The Morgan fingerprint density at radius 1 is 0.341 bits per heavy atom. The van der Waals surface area contributed by atoms with Gasteiger partial charge in [-0.1, -0.05) is 115 Å². The molecule has 0 saturated heterocycles. The van der Waals surface area contributed by atoms with Gasteiger partial charge in [0.05, 0.1) is 16.7 Å². The van der Waals surface area contributed by atoms with E-state index in [9.17, 15) is 0 Å². The molecule has 0 unspecified atom stereocenters. The molecule has 2 nitrogen and oxygen atoms in total. The van der Waals surface area contributed by atoms with Crippen molar-refractivity contribution >= 4 is 76.1 Å². The van der Waals surface area contributed by atoms with Gasteiger partial charge in [0.1, 0.15) is 11.2 Å². The molecule has 44 heavy (non-hydrogen) atoms. The van der Waals surface area contributed by atoms with Gasteiger partial charge in [0.15, 0.2) is 0 Å². The fourth-order valence-corrected chi connectivity index (χ4v) is 7.43. The lowest BCUT2D eigenvalue weighted by molar-refractivity contribution is 0.668. The predicted octanol–water partition coefficient (Wildman–Crippen LogP) is 11.8. The van der Waals surface area contributed by atoms with Gasteiger partial charge in [0.2, 0.25) is 0 Å².